The van der Waals surface area contributed by atoms with Crippen molar-refractivity contribution in [2.45, 2.75) is 26.3 Å². The molecule has 1 aliphatic rings. The quantitative estimate of drug-likeness (QED) is 0.669. The molecule has 1 aromatic heterocycles. The molecule has 2 aromatic rings. The normalized spacial score (nSPS) is 20.1. The zero-order chi connectivity index (χ0) is 19.1. The third-order valence-electron chi connectivity index (χ3n) is 4.70. The van der Waals surface area contributed by atoms with Crippen molar-refractivity contribution in [2.75, 3.05) is 7.11 Å². The van der Waals surface area contributed by atoms with Gasteiger partial charge in [0.2, 0.25) is 0 Å². The molecule has 8 nitrogen and oxygen atoms in total. The number of hydrogen-bond acceptors (Lipinski definition) is 5. The Morgan fingerprint density at radius 2 is 1.88 bits per heavy atom. The molecule has 3 rings (SSSR count). The molecule has 2 heterocycles. The molecule has 26 heavy (non-hydrogen) atoms. The van der Waals surface area contributed by atoms with E-state index in [4.69, 9.17) is 4.74 Å². The van der Waals surface area contributed by atoms with E-state index >= 15 is 0 Å². The van der Waals surface area contributed by atoms with Crippen molar-refractivity contribution in [3.8, 4) is 5.75 Å². The summed E-state index contributed by atoms with van der Waals surface area (Å²) in [5.74, 6) is 0.231. The van der Waals surface area contributed by atoms with Crippen LogP contribution < -0.4 is 10.1 Å². The lowest BCUT2D eigenvalue weighted by atomic mass is 9.92. The van der Waals surface area contributed by atoms with Crippen molar-refractivity contribution in [2.24, 2.45) is 12.1 Å². The van der Waals surface area contributed by atoms with Crippen molar-refractivity contribution in [3.63, 3.8) is 0 Å². The lowest BCUT2D eigenvalue weighted by Gasteiger charge is -2.21. The van der Waals surface area contributed by atoms with Crippen LogP contribution in [0.15, 0.2) is 29.4 Å². The van der Waals surface area contributed by atoms with E-state index < -0.39 is 17.5 Å². The van der Waals surface area contributed by atoms with E-state index in [2.05, 4.69) is 15.5 Å². The number of rotatable bonds is 4. The first-order valence-corrected chi connectivity index (χ1v) is 8.13. The van der Waals surface area contributed by atoms with E-state index in [0.717, 1.165) is 22.0 Å². The van der Waals surface area contributed by atoms with Gasteiger partial charge in [0, 0.05) is 18.3 Å². The fourth-order valence-corrected chi connectivity index (χ4v) is 2.94. The number of urea groups is 1. The van der Waals surface area contributed by atoms with Gasteiger partial charge < -0.3 is 10.1 Å². The first kappa shape index (κ1) is 17.7. The first-order chi connectivity index (χ1) is 12.3. The highest BCUT2D eigenvalue weighted by atomic mass is 16.5. The largest absolute Gasteiger partial charge is 0.497 e. The van der Waals surface area contributed by atoms with Crippen LogP contribution in [-0.2, 0) is 17.4 Å². The molecule has 1 saturated heterocycles. The predicted octanol–water partition coefficient (Wildman–Crippen LogP) is 1.85. The third kappa shape index (κ3) is 2.73. The lowest BCUT2D eigenvalue weighted by molar-refractivity contribution is -0.131. The van der Waals surface area contributed by atoms with Crippen molar-refractivity contribution in [1.29, 1.82) is 0 Å². The molecule has 1 fully saturated rings. The van der Waals surface area contributed by atoms with E-state index in [-0.39, 0.29) is 0 Å². The van der Waals surface area contributed by atoms with Crippen molar-refractivity contribution < 1.29 is 14.3 Å². The van der Waals surface area contributed by atoms with Crippen molar-refractivity contribution >= 4 is 18.2 Å². The molecule has 0 saturated carbocycles. The summed E-state index contributed by atoms with van der Waals surface area (Å²) in [6.07, 6.45) is 1.49. The Balaban J connectivity index is 1.89. The summed E-state index contributed by atoms with van der Waals surface area (Å²) in [6.45, 7) is 5.40. The second-order valence-electron chi connectivity index (χ2n) is 6.35. The van der Waals surface area contributed by atoms with Crippen molar-refractivity contribution in [3.05, 3.63) is 46.8 Å². The fourth-order valence-electron chi connectivity index (χ4n) is 2.94. The van der Waals surface area contributed by atoms with Crippen molar-refractivity contribution in [1.82, 2.24) is 20.1 Å². The monoisotopic (exact) mass is 355 g/mol. The van der Waals surface area contributed by atoms with E-state index in [0.29, 0.717) is 11.3 Å². The SMILES string of the molecule is COc1ccc(C2(C)NC(=O)N(/N=C/c3c(C)nn(C)c3C)C2=O)cc1. The molecule has 1 unspecified atom stereocenters. The molecular weight excluding hydrogens is 334 g/mol. The molecule has 3 amide bonds. The van der Waals surface area contributed by atoms with E-state index in [9.17, 15) is 9.59 Å². The number of benzene rings is 1. The average Bonchev–Trinajstić information content (AvgIpc) is 2.99. The Morgan fingerprint density at radius 1 is 1.23 bits per heavy atom. The molecule has 1 N–H and O–H groups in total. The number of carbonyl (C=O) groups is 2. The minimum Gasteiger partial charge on any atom is -0.497 e. The second kappa shape index (κ2) is 6.29. The van der Waals surface area contributed by atoms with Crippen LogP contribution in [0.2, 0.25) is 0 Å². The summed E-state index contributed by atoms with van der Waals surface area (Å²) in [4.78, 5) is 25.2. The van der Waals surface area contributed by atoms with Gasteiger partial charge in [-0.3, -0.25) is 9.48 Å². The maximum absolute atomic E-state index is 12.9. The molecule has 1 atom stereocenters. The number of nitrogens with zero attached hydrogens (tertiary/aromatic N) is 4. The summed E-state index contributed by atoms with van der Waals surface area (Å²) in [5.41, 5.74) is 1.93. The summed E-state index contributed by atoms with van der Waals surface area (Å²) in [5, 5.41) is 12.0. The molecule has 1 aromatic carbocycles. The van der Waals surface area contributed by atoms with E-state index in [1.807, 2.05) is 20.9 Å². The third-order valence-corrected chi connectivity index (χ3v) is 4.70. The topological polar surface area (TPSA) is 88.8 Å². The smallest absolute Gasteiger partial charge is 0.346 e. The van der Waals surface area contributed by atoms with Crippen LogP contribution >= 0.6 is 0 Å². The number of aromatic nitrogens is 2. The molecule has 0 aliphatic carbocycles. The first-order valence-electron chi connectivity index (χ1n) is 8.13. The number of hydrazone groups is 1. The Bertz CT molecular complexity index is 900. The van der Waals surface area contributed by atoms with Gasteiger partial charge in [-0.25, -0.2) is 4.79 Å². The maximum atomic E-state index is 12.9. The van der Waals surface area contributed by atoms with Gasteiger partial charge in [0.1, 0.15) is 11.3 Å². The molecular formula is C18H21N5O3. The number of imide groups is 1. The molecule has 0 radical (unpaired) electrons. The number of ether oxygens (including phenoxy) is 1. The number of amides is 3. The van der Waals surface area contributed by atoms with Gasteiger partial charge in [-0.15, -0.1) is 5.01 Å². The Kier molecular flexibility index (Phi) is 4.27. The van der Waals surface area contributed by atoms with Crippen LogP contribution in [0, 0.1) is 13.8 Å². The molecule has 0 spiro atoms. The molecule has 0 bridgehead atoms. The predicted molar refractivity (Wildman–Crippen MR) is 96.0 cm³/mol. The highest BCUT2D eigenvalue weighted by Crippen LogP contribution is 2.30. The van der Waals surface area contributed by atoms with Crippen LogP contribution in [0.5, 0.6) is 5.75 Å². The van der Waals surface area contributed by atoms with Gasteiger partial charge in [0.15, 0.2) is 0 Å². The molecule has 8 heteroatoms. The second-order valence-corrected chi connectivity index (χ2v) is 6.35. The van der Waals surface area contributed by atoms with E-state index in [1.54, 1.807) is 43.0 Å². The van der Waals surface area contributed by atoms with Crippen LogP contribution in [0.4, 0.5) is 4.79 Å². The number of aryl methyl sites for hydroxylation is 2. The summed E-state index contributed by atoms with van der Waals surface area (Å²) >= 11 is 0. The van der Waals surface area contributed by atoms with Gasteiger partial charge in [0.25, 0.3) is 5.91 Å². The van der Waals surface area contributed by atoms with Gasteiger partial charge in [0.05, 0.1) is 19.0 Å². The Hall–Kier alpha value is -3.16. The maximum Gasteiger partial charge on any atom is 0.346 e. The number of methoxy groups -OCH3 is 1. The highest BCUT2D eigenvalue weighted by Gasteiger charge is 2.49. The van der Waals surface area contributed by atoms with Gasteiger partial charge in [-0.05, 0) is 38.5 Å². The average molecular weight is 355 g/mol. The van der Waals surface area contributed by atoms with E-state index in [1.165, 1.54) is 6.21 Å². The van der Waals surface area contributed by atoms with Crippen LogP contribution in [0.1, 0.15) is 29.4 Å². The summed E-state index contributed by atoms with van der Waals surface area (Å²) in [7, 11) is 3.40. The van der Waals surface area contributed by atoms with Crippen LogP contribution in [0.25, 0.3) is 0 Å². The standard InChI is InChI=1S/C18H21N5O3/c1-11-15(12(2)22(4)21-11)10-19-23-16(24)18(3,20-17(23)25)13-6-8-14(26-5)9-7-13/h6-10H,1-5H3,(H,20,25)/b19-10+. The Morgan fingerprint density at radius 3 is 2.42 bits per heavy atom. The van der Waals surface area contributed by atoms with Gasteiger partial charge in [-0.1, -0.05) is 12.1 Å². The summed E-state index contributed by atoms with van der Waals surface area (Å²) < 4.78 is 6.86. The highest BCUT2D eigenvalue weighted by molar-refractivity contribution is 6.07. The lowest BCUT2D eigenvalue weighted by Crippen LogP contribution is -2.40. The number of nitrogens with one attached hydrogen (secondary N) is 1. The van der Waals surface area contributed by atoms with Gasteiger partial charge >= 0.3 is 6.03 Å². The molecule has 1 aliphatic heterocycles. The zero-order valence-corrected chi connectivity index (χ0v) is 15.4. The Labute approximate surface area is 151 Å². The zero-order valence-electron chi connectivity index (χ0n) is 15.4. The minimum absolute atomic E-state index is 0.442. The number of hydrogen-bond donors (Lipinski definition) is 1. The van der Waals surface area contributed by atoms with Gasteiger partial charge in [-0.2, -0.15) is 10.2 Å². The summed E-state index contributed by atoms with van der Waals surface area (Å²) in [6, 6.07) is 6.42. The molecule has 136 valence electrons. The van der Waals surface area contributed by atoms with Crippen LogP contribution in [0.3, 0.4) is 0 Å². The minimum atomic E-state index is -1.18. The van der Waals surface area contributed by atoms with Crippen LogP contribution in [-0.4, -0.2) is 40.1 Å². The fraction of sp³-hybridized carbons (Fsp3) is 0.333. The number of carbonyl (C=O) groups excluding carboxylic acids is 2.